The second-order valence-corrected chi connectivity index (χ2v) is 10.0. The minimum absolute atomic E-state index is 0.0796. The molecule has 10 heteroatoms. The molecule has 0 spiro atoms. The summed E-state index contributed by atoms with van der Waals surface area (Å²) in [5.74, 6) is 0.277. The number of rotatable bonds is 6. The smallest absolute Gasteiger partial charge is 0.416 e. The molecule has 2 aliphatic heterocycles. The van der Waals surface area contributed by atoms with E-state index in [0.29, 0.717) is 30.3 Å². The zero-order valence-corrected chi connectivity index (χ0v) is 21.7. The van der Waals surface area contributed by atoms with Crippen LogP contribution >= 0.6 is 0 Å². The Morgan fingerprint density at radius 3 is 2.54 bits per heavy atom. The van der Waals surface area contributed by atoms with Gasteiger partial charge in [0.05, 0.1) is 12.0 Å². The van der Waals surface area contributed by atoms with E-state index in [2.05, 4.69) is 15.5 Å². The average molecular weight is 539 g/mol. The summed E-state index contributed by atoms with van der Waals surface area (Å²) in [6.07, 6.45) is -4.31. The van der Waals surface area contributed by atoms with Crippen LogP contribution in [0.1, 0.15) is 32.6 Å². The third-order valence-corrected chi connectivity index (χ3v) is 7.04. The number of piperazine rings is 1. The van der Waals surface area contributed by atoms with Crippen molar-refractivity contribution < 1.29 is 27.5 Å². The molecular formula is C29H29F3N4O3. The van der Waals surface area contributed by atoms with E-state index in [1.54, 1.807) is 36.4 Å². The van der Waals surface area contributed by atoms with Gasteiger partial charge in [-0.25, -0.2) is 0 Å². The Balaban J connectivity index is 1.32. The van der Waals surface area contributed by atoms with Crippen LogP contribution in [0.25, 0.3) is 0 Å². The average Bonchev–Trinajstić information content (AvgIpc) is 3.26. The number of alkyl halides is 3. The van der Waals surface area contributed by atoms with E-state index >= 15 is 0 Å². The first-order chi connectivity index (χ1) is 18.5. The highest BCUT2D eigenvalue weighted by Gasteiger charge is 2.34. The van der Waals surface area contributed by atoms with Crippen LogP contribution in [-0.2, 0) is 23.9 Å². The van der Waals surface area contributed by atoms with Crippen molar-refractivity contribution in [3.63, 3.8) is 0 Å². The quantitative estimate of drug-likeness (QED) is 0.446. The fraction of sp³-hybridized carbons (Fsp3) is 0.310. The first-order valence-corrected chi connectivity index (χ1v) is 12.7. The number of amides is 2. The second kappa shape index (κ2) is 10.7. The molecule has 204 valence electrons. The van der Waals surface area contributed by atoms with Gasteiger partial charge < -0.3 is 20.3 Å². The summed E-state index contributed by atoms with van der Waals surface area (Å²) in [6, 6.07) is 14.1. The van der Waals surface area contributed by atoms with E-state index < -0.39 is 17.6 Å². The molecule has 2 amide bonds. The number of ether oxygens (including phenoxy) is 1. The zero-order chi connectivity index (χ0) is 27.7. The lowest BCUT2D eigenvalue weighted by atomic mass is 10.0. The van der Waals surface area contributed by atoms with Gasteiger partial charge in [-0.3, -0.25) is 14.5 Å². The Hall–Kier alpha value is -3.89. The highest BCUT2D eigenvalue weighted by atomic mass is 19.4. The molecule has 0 saturated carbocycles. The number of benzene rings is 3. The van der Waals surface area contributed by atoms with Crippen molar-refractivity contribution in [2.45, 2.75) is 26.1 Å². The molecule has 1 saturated heterocycles. The fourth-order valence-electron chi connectivity index (χ4n) is 4.75. The van der Waals surface area contributed by atoms with Crippen LogP contribution in [0.4, 0.5) is 24.5 Å². The molecule has 3 aromatic carbocycles. The van der Waals surface area contributed by atoms with Crippen LogP contribution in [0.3, 0.4) is 0 Å². The van der Waals surface area contributed by atoms with Crippen molar-refractivity contribution in [3.8, 4) is 11.5 Å². The molecule has 7 nitrogen and oxygen atoms in total. The Kier molecular flexibility index (Phi) is 7.33. The molecule has 2 aliphatic rings. The first kappa shape index (κ1) is 26.7. The van der Waals surface area contributed by atoms with E-state index in [9.17, 15) is 22.8 Å². The van der Waals surface area contributed by atoms with Crippen molar-refractivity contribution in [2.24, 2.45) is 0 Å². The minimum atomic E-state index is -4.58. The normalized spacial score (nSPS) is 16.1. The topological polar surface area (TPSA) is 73.9 Å². The van der Waals surface area contributed by atoms with Crippen LogP contribution in [0, 0.1) is 6.92 Å². The van der Waals surface area contributed by atoms with Crippen LogP contribution in [-0.4, -0.2) is 54.8 Å². The molecule has 0 bridgehead atoms. The molecule has 3 aromatic rings. The van der Waals surface area contributed by atoms with Crippen LogP contribution < -0.4 is 15.4 Å². The molecule has 39 heavy (non-hydrogen) atoms. The molecule has 2 N–H and O–H groups in total. The number of hydrogen-bond acceptors (Lipinski definition) is 5. The van der Waals surface area contributed by atoms with Gasteiger partial charge in [0, 0.05) is 55.7 Å². The SMILES string of the molecule is Cc1ccc(NC(=O)c2ccc(CN3CCN(C)CC3)c(C(F)(F)F)c2)cc1Oc1ccc2c(c1)CC(=O)N2. The highest BCUT2D eigenvalue weighted by Crippen LogP contribution is 2.35. The summed E-state index contributed by atoms with van der Waals surface area (Å²) >= 11 is 0. The monoisotopic (exact) mass is 538 g/mol. The molecular weight excluding hydrogens is 509 g/mol. The summed E-state index contributed by atoms with van der Waals surface area (Å²) in [4.78, 5) is 28.7. The largest absolute Gasteiger partial charge is 0.457 e. The maximum absolute atomic E-state index is 13.9. The van der Waals surface area contributed by atoms with Gasteiger partial charge in [0.15, 0.2) is 0 Å². The summed E-state index contributed by atoms with van der Waals surface area (Å²) in [7, 11) is 1.99. The van der Waals surface area contributed by atoms with E-state index in [1.807, 2.05) is 18.9 Å². The lowest BCUT2D eigenvalue weighted by molar-refractivity contribution is -0.138. The molecule has 0 atom stereocenters. The number of carbonyl (C=O) groups excluding carboxylic acids is 2. The van der Waals surface area contributed by atoms with Gasteiger partial charge in [-0.2, -0.15) is 13.2 Å². The van der Waals surface area contributed by atoms with Crippen molar-refractivity contribution in [1.82, 2.24) is 9.80 Å². The molecule has 0 aliphatic carbocycles. The van der Waals surface area contributed by atoms with E-state index in [4.69, 9.17) is 4.74 Å². The van der Waals surface area contributed by atoms with E-state index in [1.165, 1.54) is 12.1 Å². The number of aryl methyl sites for hydroxylation is 1. The molecule has 0 aromatic heterocycles. The van der Waals surface area contributed by atoms with Gasteiger partial charge in [-0.05, 0) is 67.1 Å². The zero-order valence-electron chi connectivity index (χ0n) is 21.7. The van der Waals surface area contributed by atoms with Gasteiger partial charge in [0.1, 0.15) is 11.5 Å². The van der Waals surface area contributed by atoms with Crippen LogP contribution in [0.2, 0.25) is 0 Å². The van der Waals surface area contributed by atoms with Crippen molar-refractivity contribution in [3.05, 3.63) is 82.4 Å². The van der Waals surface area contributed by atoms with Crippen LogP contribution in [0.5, 0.6) is 11.5 Å². The number of nitrogens with zero attached hydrogens (tertiary/aromatic N) is 2. The number of anilines is 2. The van der Waals surface area contributed by atoms with Gasteiger partial charge >= 0.3 is 6.18 Å². The van der Waals surface area contributed by atoms with Crippen LogP contribution in [0.15, 0.2) is 54.6 Å². The third kappa shape index (κ3) is 6.23. The van der Waals surface area contributed by atoms with Gasteiger partial charge in [-0.15, -0.1) is 0 Å². The highest BCUT2D eigenvalue weighted by molar-refractivity contribution is 6.04. The standard InChI is InChI=1S/C29H29F3N4O3/c1-18-3-6-22(16-26(18)39-23-7-8-25-21(13-23)15-27(37)34-25)33-28(38)19-4-5-20(24(14-19)29(30,31)32)17-36-11-9-35(2)10-12-36/h3-8,13-14,16H,9-12,15,17H2,1-2H3,(H,33,38)(H,34,37). The second-order valence-electron chi connectivity index (χ2n) is 10.0. The maximum Gasteiger partial charge on any atom is 0.416 e. The van der Waals surface area contributed by atoms with Gasteiger partial charge in [0.25, 0.3) is 5.91 Å². The molecule has 0 unspecified atom stereocenters. The Bertz CT molecular complexity index is 1420. The minimum Gasteiger partial charge on any atom is -0.457 e. The van der Waals surface area contributed by atoms with Gasteiger partial charge in [0.2, 0.25) is 5.91 Å². The van der Waals surface area contributed by atoms with E-state index in [-0.39, 0.29) is 30.0 Å². The number of likely N-dealkylation sites (N-methyl/N-ethyl adjacent to an activating group) is 1. The molecule has 2 heterocycles. The Morgan fingerprint density at radius 1 is 1.03 bits per heavy atom. The molecule has 0 radical (unpaired) electrons. The predicted octanol–water partition coefficient (Wildman–Crippen LogP) is 5.30. The Labute approximate surface area is 224 Å². The number of carbonyl (C=O) groups is 2. The maximum atomic E-state index is 13.9. The van der Waals surface area contributed by atoms with Crippen molar-refractivity contribution in [1.29, 1.82) is 0 Å². The Morgan fingerprint density at radius 2 is 1.79 bits per heavy atom. The van der Waals surface area contributed by atoms with Crippen molar-refractivity contribution in [2.75, 3.05) is 43.9 Å². The summed E-state index contributed by atoms with van der Waals surface area (Å²) in [5.41, 5.74) is 2.04. The number of fused-ring (bicyclic) bond motifs is 1. The van der Waals surface area contributed by atoms with E-state index in [0.717, 1.165) is 36.0 Å². The summed E-state index contributed by atoms with van der Waals surface area (Å²) < 4.78 is 47.8. The predicted molar refractivity (Wildman–Crippen MR) is 142 cm³/mol. The molecule has 5 rings (SSSR count). The first-order valence-electron chi connectivity index (χ1n) is 12.7. The number of halogens is 3. The van der Waals surface area contributed by atoms with Crippen molar-refractivity contribution >= 4 is 23.2 Å². The lowest BCUT2D eigenvalue weighted by Crippen LogP contribution is -2.44. The summed E-state index contributed by atoms with van der Waals surface area (Å²) in [5, 5.41) is 5.45. The fourth-order valence-corrected chi connectivity index (χ4v) is 4.75. The molecule has 1 fully saturated rings. The number of nitrogens with one attached hydrogen (secondary N) is 2. The number of hydrogen-bond donors (Lipinski definition) is 2. The summed E-state index contributed by atoms with van der Waals surface area (Å²) in [6.45, 7) is 4.99. The lowest BCUT2D eigenvalue weighted by Gasteiger charge is -2.33. The van der Waals surface area contributed by atoms with Gasteiger partial charge in [-0.1, -0.05) is 12.1 Å². The third-order valence-electron chi connectivity index (χ3n) is 7.04.